The molecule has 1 heterocycles. The molecule has 1 unspecified atom stereocenters. The second-order valence-electron chi connectivity index (χ2n) is 3.38. The van der Waals surface area contributed by atoms with E-state index in [0.717, 1.165) is 17.0 Å². The SMILES string of the molecule is CCOC(C)C(=O)OCCc1scnc1C. The molecule has 0 bridgehead atoms. The van der Waals surface area contributed by atoms with Crippen LogP contribution >= 0.6 is 11.3 Å². The fourth-order valence-corrected chi connectivity index (χ4v) is 2.01. The summed E-state index contributed by atoms with van der Waals surface area (Å²) >= 11 is 1.59. The second kappa shape index (κ2) is 6.60. The van der Waals surface area contributed by atoms with Gasteiger partial charge in [-0.2, -0.15) is 0 Å². The number of rotatable bonds is 6. The molecule has 0 aliphatic rings. The highest BCUT2D eigenvalue weighted by Crippen LogP contribution is 2.12. The number of nitrogens with zero attached hydrogens (tertiary/aromatic N) is 1. The molecule has 0 aliphatic heterocycles. The van der Waals surface area contributed by atoms with Crippen LogP contribution in [0.1, 0.15) is 24.4 Å². The van der Waals surface area contributed by atoms with Gasteiger partial charge in [-0.1, -0.05) is 0 Å². The minimum atomic E-state index is -0.479. The van der Waals surface area contributed by atoms with Crippen molar-refractivity contribution in [1.29, 1.82) is 0 Å². The summed E-state index contributed by atoms with van der Waals surface area (Å²) in [7, 11) is 0. The molecule has 0 aliphatic carbocycles. The van der Waals surface area contributed by atoms with Gasteiger partial charge in [0.2, 0.25) is 0 Å². The highest BCUT2D eigenvalue weighted by molar-refractivity contribution is 7.09. The third kappa shape index (κ3) is 3.90. The summed E-state index contributed by atoms with van der Waals surface area (Å²) in [6, 6.07) is 0. The van der Waals surface area contributed by atoms with Crippen LogP contribution in [0.5, 0.6) is 0 Å². The first kappa shape index (κ1) is 13.1. The standard InChI is InChI=1S/C11H17NO3S/c1-4-14-9(3)11(13)15-6-5-10-8(2)12-7-16-10/h7,9H,4-6H2,1-3H3. The molecule has 5 heteroatoms. The normalized spacial score (nSPS) is 12.4. The molecule has 0 fully saturated rings. The van der Waals surface area contributed by atoms with Crippen molar-refractivity contribution in [3.63, 3.8) is 0 Å². The van der Waals surface area contributed by atoms with Crippen molar-refractivity contribution in [3.8, 4) is 0 Å². The van der Waals surface area contributed by atoms with E-state index < -0.39 is 6.10 Å². The van der Waals surface area contributed by atoms with E-state index in [2.05, 4.69) is 4.98 Å². The van der Waals surface area contributed by atoms with Crippen molar-refractivity contribution in [2.75, 3.05) is 13.2 Å². The van der Waals surface area contributed by atoms with Gasteiger partial charge in [-0.3, -0.25) is 0 Å². The first-order valence-corrected chi connectivity index (χ1v) is 6.20. The van der Waals surface area contributed by atoms with Gasteiger partial charge in [-0.05, 0) is 20.8 Å². The third-order valence-electron chi connectivity index (χ3n) is 2.17. The van der Waals surface area contributed by atoms with Crippen LogP contribution in [0.4, 0.5) is 0 Å². The first-order chi connectivity index (χ1) is 7.65. The van der Waals surface area contributed by atoms with E-state index in [4.69, 9.17) is 9.47 Å². The van der Waals surface area contributed by atoms with Gasteiger partial charge in [0.05, 0.1) is 17.8 Å². The molecule has 0 N–H and O–H groups in total. The molecule has 0 saturated carbocycles. The van der Waals surface area contributed by atoms with E-state index >= 15 is 0 Å². The number of thiazole rings is 1. The van der Waals surface area contributed by atoms with Crippen LogP contribution in [0.15, 0.2) is 5.51 Å². The topological polar surface area (TPSA) is 48.4 Å². The Labute approximate surface area is 99.6 Å². The number of aromatic nitrogens is 1. The van der Waals surface area contributed by atoms with Gasteiger partial charge in [-0.25, -0.2) is 9.78 Å². The molecule has 4 nitrogen and oxygen atoms in total. The van der Waals surface area contributed by atoms with Crippen LogP contribution in [-0.2, 0) is 20.7 Å². The van der Waals surface area contributed by atoms with E-state index in [1.807, 2.05) is 13.8 Å². The summed E-state index contributed by atoms with van der Waals surface area (Å²) in [5, 5.41) is 0. The molecule has 0 saturated heterocycles. The summed E-state index contributed by atoms with van der Waals surface area (Å²) in [4.78, 5) is 16.7. The Kier molecular flexibility index (Phi) is 5.42. The largest absolute Gasteiger partial charge is 0.463 e. The van der Waals surface area contributed by atoms with Crippen LogP contribution in [0.3, 0.4) is 0 Å². The maximum Gasteiger partial charge on any atom is 0.334 e. The average molecular weight is 243 g/mol. The van der Waals surface area contributed by atoms with Crippen molar-refractivity contribution < 1.29 is 14.3 Å². The minimum Gasteiger partial charge on any atom is -0.463 e. The fraction of sp³-hybridized carbons (Fsp3) is 0.636. The fourth-order valence-electron chi connectivity index (χ4n) is 1.25. The smallest absolute Gasteiger partial charge is 0.334 e. The number of ether oxygens (including phenoxy) is 2. The third-order valence-corrected chi connectivity index (χ3v) is 3.16. The lowest BCUT2D eigenvalue weighted by atomic mass is 10.3. The van der Waals surface area contributed by atoms with Crippen LogP contribution < -0.4 is 0 Å². The Morgan fingerprint density at radius 3 is 2.94 bits per heavy atom. The van der Waals surface area contributed by atoms with Crippen LogP contribution in [0.2, 0.25) is 0 Å². The number of hydrogen-bond acceptors (Lipinski definition) is 5. The molecular formula is C11H17NO3S. The molecular weight excluding hydrogens is 226 g/mol. The van der Waals surface area contributed by atoms with Gasteiger partial charge >= 0.3 is 5.97 Å². The van der Waals surface area contributed by atoms with Crippen LogP contribution in [0, 0.1) is 6.92 Å². The zero-order valence-corrected chi connectivity index (χ0v) is 10.7. The maximum atomic E-state index is 11.4. The number of carbonyl (C=O) groups is 1. The lowest BCUT2D eigenvalue weighted by Crippen LogP contribution is -2.24. The Hall–Kier alpha value is -0.940. The van der Waals surface area contributed by atoms with Gasteiger partial charge in [-0.15, -0.1) is 11.3 Å². The highest BCUT2D eigenvalue weighted by atomic mass is 32.1. The average Bonchev–Trinajstić information content (AvgIpc) is 2.65. The molecule has 1 rings (SSSR count). The Bertz CT molecular complexity index is 338. The van der Waals surface area contributed by atoms with Crippen molar-refractivity contribution in [3.05, 3.63) is 16.1 Å². The van der Waals surface area contributed by atoms with Crippen molar-refractivity contribution in [2.45, 2.75) is 33.3 Å². The van der Waals surface area contributed by atoms with Crippen LogP contribution in [-0.4, -0.2) is 30.3 Å². The zero-order valence-electron chi connectivity index (χ0n) is 9.86. The lowest BCUT2D eigenvalue weighted by Gasteiger charge is -2.10. The van der Waals surface area contributed by atoms with Crippen molar-refractivity contribution >= 4 is 17.3 Å². The Morgan fingerprint density at radius 1 is 1.62 bits per heavy atom. The van der Waals surface area contributed by atoms with Gasteiger partial charge in [0.1, 0.15) is 0 Å². The molecule has 1 atom stereocenters. The summed E-state index contributed by atoms with van der Waals surface area (Å²) in [5.74, 6) is -0.302. The molecule has 90 valence electrons. The Balaban J connectivity index is 2.25. The first-order valence-electron chi connectivity index (χ1n) is 5.32. The molecule has 0 spiro atoms. The number of carbonyl (C=O) groups excluding carboxylic acids is 1. The van der Waals surface area contributed by atoms with Gasteiger partial charge < -0.3 is 9.47 Å². The molecule has 0 aromatic carbocycles. The van der Waals surface area contributed by atoms with E-state index in [-0.39, 0.29) is 5.97 Å². The molecule has 16 heavy (non-hydrogen) atoms. The Morgan fingerprint density at radius 2 is 2.38 bits per heavy atom. The number of hydrogen-bond donors (Lipinski definition) is 0. The second-order valence-corrected chi connectivity index (χ2v) is 4.32. The predicted molar refractivity (Wildman–Crippen MR) is 62.6 cm³/mol. The van der Waals surface area contributed by atoms with Crippen molar-refractivity contribution in [1.82, 2.24) is 4.98 Å². The summed E-state index contributed by atoms with van der Waals surface area (Å²) in [5.41, 5.74) is 2.81. The van der Waals surface area contributed by atoms with E-state index in [0.29, 0.717) is 13.2 Å². The number of esters is 1. The minimum absolute atomic E-state index is 0.302. The molecule has 0 amide bonds. The van der Waals surface area contributed by atoms with Gasteiger partial charge in [0, 0.05) is 17.9 Å². The van der Waals surface area contributed by atoms with Gasteiger partial charge in [0.25, 0.3) is 0 Å². The predicted octanol–water partition coefficient (Wildman–Crippen LogP) is 1.96. The monoisotopic (exact) mass is 243 g/mol. The molecule has 1 aromatic rings. The van der Waals surface area contributed by atoms with Crippen molar-refractivity contribution in [2.24, 2.45) is 0 Å². The summed E-state index contributed by atoms with van der Waals surface area (Å²) in [6.45, 7) is 6.41. The van der Waals surface area contributed by atoms with E-state index in [1.165, 1.54) is 0 Å². The van der Waals surface area contributed by atoms with E-state index in [9.17, 15) is 4.79 Å². The zero-order chi connectivity index (χ0) is 12.0. The summed E-state index contributed by atoms with van der Waals surface area (Å²) in [6.07, 6.45) is 0.244. The molecule has 1 aromatic heterocycles. The lowest BCUT2D eigenvalue weighted by molar-refractivity contribution is -0.155. The highest BCUT2D eigenvalue weighted by Gasteiger charge is 2.14. The molecule has 0 radical (unpaired) electrons. The van der Waals surface area contributed by atoms with Crippen LogP contribution in [0.25, 0.3) is 0 Å². The summed E-state index contributed by atoms with van der Waals surface area (Å²) < 4.78 is 10.2. The van der Waals surface area contributed by atoms with Gasteiger partial charge in [0.15, 0.2) is 6.10 Å². The van der Waals surface area contributed by atoms with E-state index in [1.54, 1.807) is 23.8 Å². The quantitative estimate of drug-likeness (QED) is 0.717. The maximum absolute atomic E-state index is 11.4. The number of aryl methyl sites for hydroxylation is 1.